The van der Waals surface area contributed by atoms with Gasteiger partial charge in [-0.1, -0.05) is 13.8 Å². The van der Waals surface area contributed by atoms with Crippen LogP contribution in [0.5, 0.6) is 0 Å². The number of ether oxygens (including phenoxy) is 2. The first-order valence-corrected chi connectivity index (χ1v) is 5.59. The lowest BCUT2D eigenvalue weighted by molar-refractivity contribution is 0.0901. The number of furan rings is 1. The minimum Gasteiger partial charge on any atom is -0.461 e. The van der Waals surface area contributed by atoms with E-state index in [4.69, 9.17) is 13.9 Å². The van der Waals surface area contributed by atoms with Gasteiger partial charge in [0.2, 0.25) is 0 Å². The van der Waals surface area contributed by atoms with Crippen molar-refractivity contribution in [2.45, 2.75) is 39.9 Å². The summed E-state index contributed by atoms with van der Waals surface area (Å²) in [5, 5.41) is 0. The lowest BCUT2D eigenvalue weighted by Gasteiger charge is -2.00. The van der Waals surface area contributed by atoms with Gasteiger partial charge in [0.15, 0.2) is 0 Å². The van der Waals surface area contributed by atoms with Crippen molar-refractivity contribution in [3.63, 3.8) is 0 Å². The monoisotopic (exact) mass is 212 g/mol. The second-order valence-electron chi connectivity index (χ2n) is 3.47. The van der Waals surface area contributed by atoms with Gasteiger partial charge in [-0.2, -0.15) is 0 Å². The minimum atomic E-state index is 0.557. The Bertz CT molecular complexity index is 231. The average Bonchev–Trinajstić information content (AvgIpc) is 2.67. The highest BCUT2D eigenvalue weighted by Crippen LogP contribution is 2.10. The summed E-state index contributed by atoms with van der Waals surface area (Å²) in [6.07, 6.45) is 2.07. The number of hydrogen-bond donors (Lipinski definition) is 0. The molecule has 0 bridgehead atoms. The van der Waals surface area contributed by atoms with E-state index in [1.54, 1.807) is 0 Å². The highest BCUT2D eigenvalue weighted by Gasteiger charge is 2.01. The van der Waals surface area contributed by atoms with Gasteiger partial charge in [-0.15, -0.1) is 0 Å². The van der Waals surface area contributed by atoms with E-state index in [2.05, 4.69) is 13.8 Å². The molecule has 0 fully saturated rings. The molecule has 1 rings (SSSR count). The molecule has 15 heavy (non-hydrogen) atoms. The molecule has 1 aromatic heterocycles. The van der Waals surface area contributed by atoms with E-state index in [1.165, 1.54) is 0 Å². The molecule has 0 spiro atoms. The van der Waals surface area contributed by atoms with Crippen LogP contribution < -0.4 is 0 Å². The van der Waals surface area contributed by atoms with Crippen LogP contribution in [0, 0.1) is 0 Å². The summed E-state index contributed by atoms with van der Waals surface area (Å²) < 4.78 is 16.3. The van der Waals surface area contributed by atoms with E-state index in [0.29, 0.717) is 13.2 Å². The predicted octanol–water partition coefficient (Wildman–Crippen LogP) is 3.13. The van der Waals surface area contributed by atoms with Gasteiger partial charge >= 0.3 is 0 Å². The van der Waals surface area contributed by atoms with Crippen molar-refractivity contribution in [3.05, 3.63) is 23.7 Å². The summed E-state index contributed by atoms with van der Waals surface area (Å²) >= 11 is 0. The van der Waals surface area contributed by atoms with Crippen LogP contribution in [0.3, 0.4) is 0 Å². The Morgan fingerprint density at radius 2 is 1.40 bits per heavy atom. The maximum absolute atomic E-state index is 5.53. The molecular formula is C12H20O3. The molecule has 3 nitrogen and oxygen atoms in total. The second-order valence-corrected chi connectivity index (χ2v) is 3.47. The van der Waals surface area contributed by atoms with Crippen molar-refractivity contribution in [1.82, 2.24) is 0 Å². The largest absolute Gasteiger partial charge is 0.461 e. The molecule has 0 aliphatic carbocycles. The van der Waals surface area contributed by atoms with Crippen LogP contribution in [0.1, 0.15) is 38.2 Å². The van der Waals surface area contributed by atoms with Gasteiger partial charge in [0.1, 0.15) is 24.7 Å². The summed E-state index contributed by atoms with van der Waals surface area (Å²) in [5.41, 5.74) is 0. The Hall–Kier alpha value is -0.800. The third-order valence-electron chi connectivity index (χ3n) is 1.90. The third kappa shape index (κ3) is 5.00. The van der Waals surface area contributed by atoms with E-state index >= 15 is 0 Å². The van der Waals surface area contributed by atoms with E-state index in [-0.39, 0.29) is 0 Å². The Morgan fingerprint density at radius 1 is 0.933 bits per heavy atom. The average molecular weight is 212 g/mol. The van der Waals surface area contributed by atoms with Crippen LogP contribution in [0.2, 0.25) is 0 Å². The lowest BCUT2D eigenvalue weighted by atomic mass is 10.4. The number of rotatable bonds is 8. The Labute approximate surface area is 91.4 Å². The molecule has 3 heteroatoms. The molecule has 1 heterocycles. The third-order valence-corrected chi connectivity index (χ3v) is 1.90. The second kappa shape index (κ2) is 7.49. The zero-order valence-electron chi connectivity index (χ0n) is 9.62. The van der Waals surface area contributed by atoms with Gasteiger partial charge in [-0.3, -0.25) is 0 Å². The Morgan fingerprint density at radius 3 is 1.80 bits per heavy atom. The smallest absolute Gasteiger partial charge is 0.129 e. The predicted molar refractivity (Wildman–Crippen MR) is 58.6 cm³/mol. The molecule has 0 N–H and O–H groups in total. The van der Waals surface area contributed by atoms with Crippen molar-refractivity contribution in [2.24, 2.45) is 0 Å². The van der Waals surface area contributed by atoms with Gasteiger partial charge in [0.25, 0.3) is 0 Å². The summed E-state index contributed by atoms with van der Waals surface area (Å²) in [5.74, 6) is 1.75. The SMILES string of the molecule is CCCOCc1ccc(COCCC)o1. The fourth-order valence-electron chi connectivity index (χ4n) is 1.21. The summed E-state index contributed by atoms with van der Waals surface area (Å²) in [4.78, 5) is 0. The first-order valence-electron chi connectivity index (χ1n) is 5.59. The van der Waals surface area contributed by atoms with Crippen molar-refractivity contribution in [3.8, 4) is 0 Å². The van der Waals surface area contributed by atoms with Crippen LogP contribution in [0.15, 0.2) is 16.5 Å². The fraction of sp³-hybridized carbons (Fsp3) is 0.667. The van der Waals surface area contributed by atoms with Crippen molar-refractivity contribution in [1.29, 1.82) is 0 Å². The maximum atomic E-state index is 5.53. The summed E-state index contributed by atoms with van der Waals surface area (Å²) in [6.45, 7) is 6.85. The van der Waals surface area contributed by atoms with E-state index in [1.807, 2.05) is 12.1 Å². The molecule has 0 saturated heterocycles. The number of hydrogen-bond acceptors (Lipinski definition) is 3. The van der Waals surface area contributed by atoms with Crippen LogP contribution in [-0.4, -0.2) is 13.2 Å². The first-order chi connectivity index (χ1) is 7.36. The fourth-order valence-corrected chi connectivity index (χ4v) is 1.21. The van der Waals surface area contributed by atoms with Gasteiger partial charge in [0, 0.05) is 13.2 Å². The van der Waals surface area contributed by atoms with Crippen LogP contribution in [0.4, 0.5) is 0 Å². The minimum absolute atomic E-state index is 0.557. The molecule has 1 aromatic rings. The van der Waals surface area contributed by atoms with Gasteiger partial charge in [-0.05, 0) is 25.0 Å². The highest BCUT2D eigenvalue weighted by molar-refractivity contribution is 5.05. The normalized spacial score (nSPS) is 10.8. The topological polar surface area (TPSA) is 31.6 Å². The van der Waals surface area contributed by atoms with Crippen LogP contribution in [-0.2, 0) is 22.7 Å². The Kier molecular flexibility index (Phi) is 6.12. The molecule has 0 amide bonds. The van der Waals surface area contributed by atoms with Gasteiger partial charge in [-0.25, -0.2) is 0 Å². The molecule has 0 atom stereocenters. The molecule has 0 aliphatic heterocycles. The molecule has 0 aromatic carbocycles. The molecular weight excluding hydrogens is 192 g/mol. The summed E-state index contributed by atoms with van der Waals surface area (Å²) in [7, 11) is 0. The van der Waals surface area contributed by atoms with E-state index < -0.39 is 0 Å². The van der Waals surface area contributed by atoms with Gasteiger partial charge < -0.3 is 13.9 Å². The molecule has 0 aliphatic rings. The van der Waals surface area contributed by atoms with Crippen LogP contribution >= 0.6 is 0 Å². The van der Waals surface area contributed by atoms with Crippen LogP contribution in [0.25, 0.3) is 0 Å². The molecule has 0 unspecified atom stereocenters. The quantitative estimate of drug-likeness (QED) is 0.620. The zero-order chi connectivity index (χ0) is 10.9. The van der Waals surface area contributed by atoms with E-state index in [9.17, 15) is 0 Å². The lowest BCUT2D eigenvalue weighted by Crippen LogP contribution is -1.93. The van der Waals surface area contributed by atoms with E-state index in [0.717, 1.165) is 37.6 Å². The molecule has 0 radical (unpaired) electrons. The zero-order valence-corrected chi connectivity index (χ0v) is 9.62. The molecule has 86 valence electrons. The Balaban J connectivity index is 2.23. The van der Waals surface area contributed by atoms with Crippen molar-refractivity contribution >= 4 is 0 Å². The maximum Gasteiger partial charge on any atom is 0.129 e. The molecule has 0 saturated carbocycles. The van der Waals surface area contributed by atoms with Crippen molar-refractivity contribution < 1.29 is 13.9 Å². The van der Waals surface area contributed by atoms with Gasteiger partial charge in [0.05, 0.1) is 0 Å². The van der Waals surface area contributed by atoms with Crippen molar-refractivity contribution in [2.75, 3.05) is 13.2 Å². The first kappa shape index (κ1) is 12.3. The summed E-state index contributed by atoms with van der Waals surface area (Å²) in [6, 6.07) is 3.89. The standard InChI is InChI=1S/C12H20O3/c1-3-7-13-9-11-5-6-12(15-11)10-14-8-4-2/h5-6H,3-4,7-10H2,1-2H3. The highest BCUT2D eigenvalue weighted by atomic mass is 16.5.